The molecule has 0 unspecified atom stereocenters. The van der Waals surface area contributed by atoms with Crippen molar-refractivity contribution in [2.75, 3.05) is 13.1 Å². The zero-order valence-electron chi connectivity index (χ0n) is 16.8. The minimum Gasteiger partial charge on any atom is -0.357 e. The summed E-state index contributed by atoms with van der Waals surface area (Å²) >= 11 is 0. The van der Waals surface area contributed by atoms with Crippen LogP contribution in [0.1, 0.15) is 29.4 Å². The lowest BCUT2D eigenvalue weighted by atomic mass is 10.1. The maximum Gasteiger partial charge on any atom is 0.191 e. The molecule has 0 saturated carbocycles. The second kappa shape index (κ2) is 9.69. The Morgan fingerprint density at radius 3 is 2.50 bits per heavy atom. The Labute approximate surface area is 166 Å². The Bertz CT molecular complexity index is 897. The lowest BCUT2D eigenvalue weighted by molar-refractivity contribution is 0.794. The molecule has 146 valence electrons. The van der Waals surface area contributed by atoms with Crippen LogP contribution in [0.25, 0.3) is 5.82 Å². The van der Waals surface area contributed by atoms with Gasteiger partial charge in [-0.2, -0.15) is 5.10 Å². The van der Waals surface area contributed by atoms with Crippen LogP contribution in [0, 0.1) is 13.8 Å². The molecule has 0 aliphatic rings. The number of guanidine groups is 1. The molecule has 2 N–H and O–H groups in total. The zero-order chi connectivity index (χ0) is 19.8. The molecule has 0 radical (unpaired) electrons. The number of aromatic nitrogens is 3. The number of nitrogens with zero attached hydrogens (tertiary/aromatic N) is 4. The van der Waals surface area contributed by atoms with Crippen LogP contribution >= 0.6 is 0 Å². The Kier molecular flexibility index (Phi) is 6.78. The molecule has 0 fully saturated rings. The number of pyridine rings is 1. The van der Waals surface area contributed by atoms with Crippen molar-refractivity contribution in [2.24, 2.45) is 4.99 Å². The Morgan fingerprint density at radius 2 is 1.86 bits per heavy atom. The number of hydrogen-bond acceptors (Lipinski definition) is 3. The van der Waals surface area contributed by atoms with E-state index < -0.39 is 0 Å². The molecule has 6 heteroatoms. The fourth-order valence-electron chi connectivity index (χ4n) is 2.98. The maximum atomic E-state index is 4.67. The van der Waals surface area contributed by atoms with E-state index in [0.717, 1.165) is 48.2 Å². The summed E-state index contributed by atoms with van der Waals surface area (Å²) in [4.78, 5) is 9.21. The van der Waals surface area contributed by atoms with Gasteiger partial charge in [0.1, 0.15) is 0 Å². The quantitative estimate of drug-likeness (QED) is 0.491. The van der Waals surface area contributed by atoms with Crippen LogP contribution < -0.4 is 10.6 Å². The third-order valence-electron chi connectivity index (χ3n) is 4.35. The van der Waals surface area contributed by atoms with Gasteiger partial charge in [-0.25, -0.2) is 14.7 Å². The molecule has 0 bridgehead atoms. The highest BCUT2D eigenvalue weighted by Crippen LogP contribution is 2.10. The van der Waals surface area contributed by atoms with Gasteiger partial charge in [-0.3, -0.25) is 0 Å². The molecule has 3 rings (SSSR count). The van der Waals surface area contributed by atoms with E-state index in [4.69, 9.17) is 0 Å². The van der Waals surface area contributed by atoms with Crippen LogP contribution in [0.4, 0.5) is 0 Å². The summed E-state index contributed by atoms with van der Waals surface area (Å²) in [6.07, 6.45) is 2.83. The number of rotatable bonds is 7. The third-order valence-corrected chi connectivity index (χ3v) is 4.35. The lowest BCUT2D eigenvalue weighted by Crippen LogP contribution is -2.38. The third kappa shape index (κ3) is 5.42. The SMILES string of the molecule is CCNC(=NCc1ccc(-n2nc(C)cc2C)nc1)NCCc1ccccc1. The molecule has 0 aliphatic heterocycles. The van der Waals surface area contributed by atoms with Crippen LogP contribution in [0.5, 0.6) is 0 Å². The average molecular weight is 377 g/mol. The maximum absolute atomic E-state index is 4.67. The highest BCUT2D eigenvalue weighted by atomic mass is 15.3. The van der Waals surface area contributed by atoms with Gasteiger partial charge in [-0.05, 0) is 50.5 Å². The summed E-state index contributed by atoms with van der Waals surface area (Å²) in [6, 6.07) is 16.5. The average Bonchev–Trinajstić information content (AvgIpc) is 3.05. The molecule has 6 nitrogen and oxygen atoms in total. The minimum atomic E-state index is 0.574. The van der Waals surface area contributed by atoms with Crippen molar-refractivity contribution in [2.45, 2.75) is 33.7 Å². The molecule has 2 heterocycles. The Morgan fingerprint density at radius 1 is 1.04 bits per heavy atom. The van der Waals surface area contributed by atoms with E-state index in [-0.39, 0.29) is 0 Å². The van der Waals surface area contributed by atoms with Gasteiger partial charge in [0.25, 0.3) is 0 Å². The van der Waals surface area contributed by atoms with Crippen molar-refractivity contribution >= 4 is 5.96 Å². The summed E-state index contributed by atoms with van der Waals surface area (Å²) in [7, 11) is 0. The van der Waals surface area contributed by atoms with Gasteiger partial charge < -0.3 is 10.6 Å². The molecule has 0 saturated heterocycles. The summed E-state index contributed by atoms with van der Waals surface area (Å²) in [5.74, 6) is 1.65. The van der Waals surface area contributed by atoms with Crippen LogP contribution in [0.3, 0.4) is 0 Å². The number of benzene rings is 1. The van der Waals surface area contributed by atoms with Crippen LogP contribution in [0.15, 0.2) is 59.7 Å². The monoisotopic (exact) mass is 376 g/mol. The highest BCUT2D eigenvalue weighted by Gasteiger charge is 2.05. The number of aliphatic imine (C=N–C) groups is 1. The lowest BCUT2D eigenvalue weighted by Gasteiger charge is -2.11. The second-order valence-electron chi connectivity index (χ2n) is 6.72. The van der Waals surface area contributed by atoms with Crippen molar-refractivity contribution in [3.63, 3.8) is 0 Å². The van der Waals surface area contributed by atoms with Crippen molar-refractivity contribution in [3.05, 3.63) is 77.2 Å². The summed E-state index contributed by atoms with van der Waals surface area (Å²) in [5.41, 5.74) is 4.44. The van der Waals surface area contributed by atoms with Crippen LogP contribution in [0.2, 0.25) is 0 Å². The van der Waals surface area contributed by atoms with Gasteiger partial charge in [0.05, 0.1) is 12.2 Å². The fraction of sp³-hybridized carbons (Fsp3) is 0.318. The summed E-state index contributed by atoms with van der Waals surface area (Å²) in [5, 5.41) is 11.2. The standard InChI is InChI=1S/C22H28N6/c1-4-23-22(24-13-12-19-8-6-5-7-9-19)26-16-20-10-11-21(25-15-20)28-18(3)14-17(2)27-28/h5-11,14-15H,4,12-13,16H2,1-3H3,(H2,23,24,26). The molecule has 0 aliphatic carbocycles. The van der Waals surface area contributed by atoms with Crippen molar-refractivity contribution in [1.29, 1.82) is 0 Å². The zero-order valence-corrected chi connectivity index (χ0v) is 16.8. The van der Waals surface area contributed by atoms with E-state index in [1.807, 2.05) is 42.9 Å². The first-order valence-corrected chi connectivity index (χ1v) is 9.70. The largest absolute Gasteiger partial charge is 0.357 e. The van der Waals surface area contributed by atoms with Gasteiger partial charge >= 0.3 is 0 Å². The molecular formula is C22H28N6. The van der Waals surface area contributed by atoms with Gasteiger partial charge in [-0.1, -0.05) is 36.4 Å². The molecule has 3 aromatic rings. The predicted molar refractivity (Wildman–Crippen MR) is 114 cm³/mol. The van der Waals surface area contributed by atoms with Gasteiger partial charge in [0, 0.05) is 25.0 Å². The normalized spacial score (nSPS) is 11.5. The molecular weight excluding hydrogens is 348 g/mol. The van der Waals surface area contributed by atoms with Crippen molar-refractivity contribution in [1.82, 2.24) is 25.4 Å². The first-order valence-electron chi connectivity index (χ1n) is 9.70. The number of nitrogens with one attached hydrogen (secondary N) is 2. The van der Waals surface area contributed by atoms with E-state index in [1.165, 1.54) is 5.56 Å². The summed E-state index contributed by atoms with van der Waals surface area (Å²) in [6.45, 7) is 8.32. The van der Waals surface area contributed by atoms with E-state index in [0.29, 0.717) is 6.54 Å². The molecule has 28 heavy (non-hydrogen) atoms. The van der Waals surface area contributed by atoms with Crippen molar-refractivity contribution in [3.8, 4) is 5.82 Å². The number of hydrogen-bond donors (Lipinski definition) is 2. The van der Waals surface area contributed by atoms with Gasteiger partial charge in [0.2, 0.25) is 0 Å². The first-order chi connectivity index (χ1) is 13.7. The van der Waals surface area contributed by atoms with Gasteiger partial charge in [0.15, 0.2) is 11.8 Å². The van der Waals surface area contributed by atoms with E-state index in [9.17, 15) is 0 Å². The van der Waals surface area contributed by atoms with Gasteiger partial charge in [-0.15, -0.1) is 0 Å². The van der Waals surface area contributed by atoms with E-state index in [1.54, 1.807) is 0 Å². The van der Waals surface area contributed by atoms with Crippen molar-refractivity contribution < 1.29 is 0 Å². The fourth-order valence-corrected chi connectivity index (χ4v) is 2.98. The molecule has 0 amide bonds. The smallest absolute Gasteiger partial charge is 0.191 e. The topological polar surface area (TPSA) is 67.1 Å². The van der Waals surface area contributed by atoms with E-state index >= 15 is 0 Å². The Hall–Kier alpha value is -3.15. The first kappa shape index (κ1) is 19.6. The molecule has 0 atom stereocenters. The summed E-state index contributed by atoms with van der Waals surface area (Å²) < 4.78 is 1.86. The molecule has 0 spiro atoms. The Balaban J connectivity index is 1.58. The molecule has 1 aromatic carbocycles. The van der Waals surface area contributed by atoms with E-state index in [2.05, 4.69) is 63.0 Å². The van der Waals surface area contributed by atoms with Crippen LogP contribution in [-0.4, -0.2) is 33.8 Å². The molecule has 2 aromatic heterocycles. The highest BCUT2D eigenvalue weighted by molar-refractivity contribution is 5.79. The predicted octanol–water partition coefficient (Wildman–Crippen LogP) is 3.18. The van der Waals surface area contributed by atoms with Crippen LogP contribution in [-0.2, 0) is 13.0 Å². The second-order valence-corrected chi connectivity index (χ2v) is 6.72. The minimum absolute atomic E-state index is 0.574. The number of aryl methyl sites for hydroxylation is 2.